The van der Waals surface area contributed by atoms with Gasteiger partial charge in [-0.3, -0.25) is 19.6 Å². The number of carbonyl (C=O) groups excluding carboxylic acids is 2. The standard InChI is InChI=1S/C34H51NO7/c1-29(2)10-8-11-32(5)24(29)9-12-34(7)26(32)23(36)17-20-21-19-31(4,14-13-30(21,3)15-16-33(20,34)6)28(41)35(42)22(27(39)40)18-25(37)38/h17,21-22,24,26,42H,8-16,18-19H2,1-7H3,(H,37,38)(H,39,40)/t21-,22-,24?,26?,30+,31?,32-,33+,34+/m0/s1. The second-order valence-electron chi connectivity index (χ2n) is 16.7. The summed E-state index contributed by atoms with van der Waals surface area (Å²) in [5.74, 6) is -3.09. The van der Waals surface area contributed by atoms with Gasteiger partial charge in [0.25, 0.3) is 5.91 Å². The summed E-state index contributed by atoms with van der Waals surface area (Å²) in [6.45, 7) is 15.9. The van der Waals surface area contributed by atoms with Crippen molar-refractivity contribution < 1.29 is 34.6 Å². The molecule has 4 fully saturated rings. The van der Waals surface area contributed by atoms with Crippen molar-refractivity contribution in [3.63, 3.8) is 0 Å². The van der Waals surface area contributed by atoms with Crippen molar-refractivity contribution >= 4 is 23.6 Å². The van der Waals surface area contributed by atoms with Crippen molar-refractivity contribution in [1.29, 1.82) is 0 Å². The van der Waals surface area contributed by atoms with Crippen LogP contribution in [-0.2, 0) is 19.2 Å². The van der Waals surface area contributed by atoms with Crippen LogP contribution in [0.1, 0.15) is 119 Å². The molecule has 5 aliphatic carbocycles. The maximum absolute atomic E-state index is 14.4. The lowest BCUT2D eigenvalue weighted by Crippen LogP contribution is -2.65. The van der Waals surface area contributed by atoms with Crippen LogP contribution in [0.5, 0.6) is 0 Å². The highest BCUT2D eigenvalue weighted by Gasteiger charge is 2.69. The summed E-state index contributed by atoms with van der Waals surface area (Å²) in [6.07, 6.45) is 10.1. The summed E-state index contributed by atoms with van der Waals surface area (Å²) in [4.78, 5) is 51.2. The summed E-state index contributed by atoms with van der Waals surface area (Å²) in [7, 11) is 0. The highest BCUT2D eigenvalue weighted by molar-refractivity contribution is 5.96. The maximum Gasteiger partial charge on any atom is 0.329 e. The molecule has 0 aromatic carbocycles. The van der Waals surface area contributed by atoms with E-state index in [0.717, 1.165) is 44.1 Å². The van der Waals surface area contributed by atoms with Crippen LogP contribution in [0.15, 0.2) is 11.6 Å². The Balaban J connectivity index is 1.53. The van der Waals surface area contributed by atoms with E-state index in [1.54, 1.807) is 6.92 Å². The van der Waals surface area contributed by atoms with Gasteiger partial charge in [-0.1, -0.05) is 60.5 Å². The number of fused-ring (bicyclic) bond motifs is 7. The molecule has 3 N–H and O–H groups in total. The van der Waals surface area contributed by atoms with Crippen molar-refractivity contribution in [1.82, 2.24) is 5.06 Å². The molecule has 0 heterocycles. The quantitative estimate of drug-likeness (QED) is 0.248. The Hall–Kier alpha value is -2.22. The summed E-state index contributed by atoms with van der Waals surface area (Å²) in [5.41, 5.74) is -0.315. The highest BCUT2D eigenvalue weighted by atomic mass is 16.5. The Labute approximate surface area is 250 Å². The number of carbonyl (C=O) groups is 4. The monoisotopic (exact) mass is 585 g/mol. The van der Waals surface area contributed by atoms with Crippen molar-refractivity contribution in [3.8, 4) is 0 Å². The minimum absolute atomic E-state index is 0.0432. The van der Waals surface area contributed by atoms with E-state index in [4.69, 9.17) is 0 Å². The van der Waals surface area contributed by atoms with E-state index in [2.05, 4.69) is 41.5 Å². The first-order valence-electron chi connectivity index (χ1n) is 16.0. The molecule has 5 aliphatic rings. The first-order chi connectivity index (χ1) is 19.3. The molecule has 0 aromatic heterocycles. The predicted octanol–water partition coefficient (Wildman–Crippen LogP) is 6.50. The van der Waals surface area contributed by atoms with Crippen LogP contribution >= 0.6 is 0 Å². The molecular formula is C34H51NO7. The first kappa shape index (κ1) is 31.2. The maximum atomic E-state index is 14.4. The third-order valence-electron chi connectivity index (χ3n) is 14.0. The number of nitrogens with zero attached hydrogens (tertiary/aromatic N) is 1. The normalized spacial score (nSPS) is 44.8. The molecule has 8 nitrogen and oxygen atoms in total. The fourth-order valence-corrected chi connectivity index (χ4v) is 11.3. The molecule has 0 radical (unpaired) electrons. The Kier molecular flexibility index (Phi) is 7.16. The Morgan fingerprint density at radius 2 is 1.57 bits per heavy atom. The molecule has 5 rings (SSSR count). The van der Waals surface area contributed by atoms with Gasteiger partial charge in [-0.15, -0.1) is 0 Å². The van der Waals surface area contributed by atoms with E-state index in [9.17, 15) is 34.6 Å². The summed E-state index contributed by atoms with van der Waals surface area (Å²) >= 11 is 0. The number of amides is 1. The molecule has 9 atom stereocenters. The second-order valence-corrected chi connectivity index (χ2v) is 16.7. The highest BCUT2D eigenvalue weighted by Crippen LogP contribution is 2.75. The number of allylic oxidation sites excluding steroid dienone is 2. The van der Waals surface area contributed by atoms with Gasteiger partial charge < -0.3 is 10.2 Å². The topological polar surface area (TPSA) is 132 Å². The number of carboxylic acids is 2. The summed E-state index contributed by atoms with van der Waals surface area (Å²) in [6, 6.07) is -1.86. The van der Waals surface area contributed by atoms with Gasteiger partial charge in [-0.25, -0.2) is 9.86 Å². The third kappa shape index (κ3) is 4.24. The number of hydroxylamine groups is 2. The molecule has 0 aromatic rings. The zero-order chi connectivity index (χ0) is 31.3. The smallest absolute Gasteiger partial charge is 0.329 e. The van der Waals surface area contributed by atoms with Crippen molar-refractivity contribution in [3.05, 3.63) is 11.6 Å². The summed E-state index contributed by atoms with van der Waals surface area (Å²) < 4.78 is 0. The molecule has 4 saturated carbocycles. The fraction of sp³-hybridized carbons (Fsp3) is 0.824. The molecular weight excluding hydrogens is 534 g/mol. The lowest BCUT2D eigenvalue weighted by atomic mass is 9.33. The summed E-state index contributed by atoms with van der Waals surface area (Å²) in [5, 5.41) is 29.7. The average molecular weight is 586 g/mol. The zero-order valence-electron chi connectivity index (χ0n) is 26.6. The first-order valence-corrected chi connectivity index (χ1v) is 16.0. The Morgan fingerprint density at radius 3 is 2.19 bits per heavy atom. The number of aliphatic carboxylic acids is 2. The van der Waals surface area contributed by atoms with E-state index in [1.807, 2.05) is 6.08 Å². The van der Waals surface area contributed by atoms with Crippen molar-refractivity contribution in [2.45, 2.75) is 125 Å². The number of rotatable bonds is 5. The van der Waals surface area contributed by atoms with Gasteiger partial charge in [0.1, 0.15) is 0 Å². The van der Waals surface area contributed by atoms with Crippen LogP contribution in [0.4, 0.5) is 0 Å². The lowest BCUT2D eigenvalue weighted by Gasteiger charge is -2.70. The molecule has 0 bridgehead atoms. The molecule has 0 saturated heterocycles. The van der Waals surface area contributed by atoms with Crippen LogP contribution in [-0.4, -0.2) is 50.2 Å². The van der Waals surface area contributed by atoms with Gasteiger partial charge in [0.15, 0.2) is 11.8 Å². The third-order valence-corrected chi connectivity index (χ3v) is 14.0. The number of hydrogen-bond donors (Lipinski definition) is 3. The van der Waals surface area contributed by atoms with Gasteiger partial charge >= 0.3 is 11.9 Å². The van der Waals surface area contributed by atoms with Crippen LogP contribution < -0.4 is 0 Å². The van der Waals surface area contributed by atoms with Crippen molar-refractivity contribution in [2.75, 3.05) is 0 Å². The van der Waals surface area contributed by atoms with E-state index in [1.165, 1.54) is 6.42 Å². The molecule has 42 heavy (non-hydrogen) atoms. The number of ketones is 1. The van der Waals surface area contributed by atoms with Crippen LogP contribution in [0.2, 0.25) is 0 Å². The molecule has 0 spiro atoms. The van der Waals surface area contributed by atoms with E-state index >= 15 is 0 Å². The van der Waals surface area contributed by atoms with Gasteiger partial charge in [0.05, 0.1) is 6.42 Å². The van der Waals surface area contributed by atoms with Crippen molar-refractivity contribution in [2.24, 2.45) is 50.2 Å². The van der Waals surface area contributed by atoms with Crippen LogP contribution in [0.3, 0.4) is 0 Å². The van der Waals surface area contributed by atoms with Gasteiger partial charge in [0.2, 0.25) is 0 Å². The zero-order valence-corrected chi connectivity index (χ0v) is 26.6. The van der Waals surface area contributed by atoms with Gasteiger partial charge in [-0.2, -0.15) is 0 Å². The largest absolute Gasteiger partial charge is 0.481 e. The Morgan fingerprint density at radius 1 is 0.929 bits per heavy atom. The van der Waals surface area contributed by atoms with E-state index in [0.29, 0.717) is 25.2 Å². The second kappa shape index (κ2) is 9.64. The molecule has 3 unspecified atom stereocenters. The Bertz CT molecular complexity index is 1240. The predicted molar refractivity (Wildman–Crippen MR) is 156 cm³/mol. The lowest BCUT2D eigenvalue weighted by molar-refractivity contribution is -0.201. The van der Waals surface area contributed by atoms with Gasteiger partial charge in [0, 0.05) is 11.3 Å². The van der Waals surface area contributed by atoms with Gasteiger partial charge in [-0.05, 0) is 103 Å². The van der Waals surface area contributed by atoms with Crippen LogP contribution in [0.25, 0.3) is 0 Å². The molecule has 1 amide bonds. The molecule has 234 valence electrons. The number of hydrogen-bond acceptors (Lipinski definition) is 5. The van der Waals surface area contributed by atoms with E-state index in [-0.39, 0.29) is 49.8 Å². The minimum Gasteiger partial charge on any atom is -0.481 e. The minimum atomic E-state index is -1.86. The molecule has 8 heteroatoms. The number of carboxylic acid groups (broad SMARTS) is 2. The SMILES string of the molecule is CC1(C(=O)N(O)[C@@H](CC(=O)O)C(=O)O)CC[C@]2(C)CC[C@]3(C)C(=CC(=O)C4[C@@]5(C)CCCC(C)(C)C5CC[C@]43C)[C@@H]2C1. The average Bonchev–Trinajstić information content (AvgIpc) is 2.87. The fourth-order valence-electron chi connectivity index (χ4n) is 11.3. The molecule has 0 aliphatic heterocycles. The van der Waals surface area contributed by atoms with Crippen LogP contribution in [0, 0.1) is 50.2 Å². The van der Waals surface area contributed by atoms with E-state index < -0.39 is 35.7 Å².